The number of benzene rings is 1. The van der Waals surface area contributed by atoms with Crippen LogP contribution in [0.2, 0.25) is 5.02 Å². The largest absolute Gasteiger partial charge is 0.497 e. The van der Waals surface area contributed by atoms with Crippen LogP contribution in [0.15, 0.2) is 24.4 Å². The molecular weight excluding hydrogens is 424 g/mol. The van der Waals surface area contributed by atoms with Crippen molar-refractivity contribution in [1.82, 2.24) is 9.88 Å². The summed E-state index contributed by atoms with van der Waals surface area (Å²) in [4.78, 5) is 7.29. The number of likely N-dealkylation sites (tertiary alicyclic amines) is 1. The quantitative estimate of drug-likeness (QED) is 0.352. The first-order chi connectivity index (χ1) is 15.2. The second kappa shape index (κ2) is 11.8. The summed E-state index contributed by atoms with van der Waals surface area (Å²) < 4.78 is 5.43. The van der Waals surface area contributed by atoms with Crippen molar-refractivity contribution >= 4 is 34.3 Å². The number of rotatable bonds is 10. The van der Waals surface area contributed by atoms with E-state index < -0.39 is 0 Å². The Morgan fingerprint density at radius 1 is 1.13 bits per heavy atom. The summed E-state index contributed by atoms with van der Waals surface area (Å²) in [6, 6.07) is 6.82. The molecule has 1 saturated carbocycles. The molecule has 2 aliphatic rings. The predicted octanol–water partition coefficient (Wildman–Crippen LogP) is 7.14. The first kappa shape index (κ1) is 23.2. The highest BCUT2D eigenvalue weighted by Crippen LogP contribution is 2.31. The van der Waals surface area contributed by atoms with E-state index in [-0.39, 0.29) is 0 Å². The monoisotopic (exact) mass is 460 g/mol. The van der Waals surface area contributed by atoms with Gasteiger partial charge in [0, 0.05) is 22.9 Å². The molecule has 1 aromatic carbocycles. The van der Waals surface area contributed by atoms with Gasteiger partial charge in [-0.05, 0) is 94.0 Å². The molecular formula is C26H37ClN2OS. The molecule has 0 N–H and O–H groups in total. The standard InChI is InChI=1S/C26H37ClN2OS/c1-30-21-13-14-26-24(18-21)23(25(27)19-28-26)12-6-9-20-8-4-5-15-29(20)16-7-17-31-22-10-2-3-11-22/h13-14,18-20,22H,2-12,15-17H2,1H3. The van der Waals surface area contributed by atoms with Crippen molar-refractivity contribution in [2.75, 3.05) is 26.0 Å². The third-order valence-electron chi connectivity index (χ3n) is 7.09. The molecule has 0 bridgehead atoms. The van der Waals surface area contributed by atoms with E-state index in [0.29, 0.717) is 0 Å². The summed E-state index contributed by atoms with van der Waals surface area (Å²) in [6.07, 6.45) is 16.5. The van der Waals surface area contributed by atoms with Crippen LogP contribution in [0.1, 0.15) is 69.8 Å². The van der Waals surface area contributed by atoms with E-state index >= 15 is 0 Å². The minimum absolute atomic E-state index is 0.742. The summed E-state index contributed by atoms with van der Waals surface area (Å²) in [5, 5.41) is 2.87. The Labute approximate surface area is 197 Å². The minimum Gasteiger partial charge on any atom is -0.497 e. The topological polar surface area (TPSA) is 25.4 Å². The molecule has 4 rings (SSSR count). The van der Waals surface area contributed by atoms with Crippen molar-refractivity contribution in [2.24, 2.45) is 0 Å². The molecule has 0 amide bonds. The molecule has 1 unspecified atom stereocenters. The molecule has 2 aromatic rings. The van der Waals surface area contributed by atoms with Crippen molar-refractivity contribution in [3.8, 4) is 5.75 Å². The fourth-order valence-electron chi connectivity index (χ4n) is 5.35. The summed E-state index contributed by atoms with van der Waals surface area (Å²) in [6.45, 7) is 2.56. The minimum atomic E-state index is 0.742. The number of methoxy groups -OCH3 is 1. The lowest BCUT2D eigenvalue weighted by atomic mass is 9.95. The molecule has 1 aliphatic heterocycles. The van der Waals surface area contributed by atoms with E-state index in [1.54, 1.807) is 13.3 Å². The Morgan fingerprint density at radius 3 is 2.81 bits per heavy atom. The van der Waals surface area contributed by atoms with Crippen LogP contribution in [-0.4, -0.2) is 47.1 Å². The third-order valence-corrected chi connectivity index (χ3v) is 8.89. The van der Waals surface area contributed by atoms with E-state index in [2.05, 4.69) is 27.7 Å². The highest BCUT2D eigenvalue weighted by atomic mass is 35.5. The lowest BCUT2D eigenvalue weighted by molar-refractivity contribution is 0.139. The van der Waals surface area contributed by atoms with Gasteiger partial charge < -0.3 is 9.64 Å². The van der Waals surface area contributed by atoms with Crippen molar-refractivity contribution in [1.29, 1.82) is 0 Å². The molecule has 3 nitrogen and oxygen atoms in total. The first-order valence-corrected chi connectivity index (χ1v) is 13.6. The zero-order chi connectivity index (χ0) is 21.5. The molecule has 1 atom stereocenters. The van der Waals surface area contributed by atoms with E-state index in [4.69, 9.17) is 16.3 Å². The molecule has 170 valence electrons. The van der Waals surface area contributed by atoms with Gasteiger partial charge in [-0.1, -0.05) is 30.9 Å². The number of aryl methyl sites for hydroxylation is 1. The lowest BCUT2D eigenvalue weighted by Gasteiger charge is -2.36. The van der Waals surface area contributed by atoms with Gasteiger partial charge >= 0.3 is 0 Å². The van der Waals surface area contributed by atoms with Crippen LogP contribution in [0.25, 0.3) is 10.9 Å². The summed E-state index contributed by atoms with van der Waals surface area (Å²) in [7, 11) is 1.71. The van der Waals surface area contributed by atoms with Crippen LogP contribution in [0.4, 0.5) is 0 Å². The van der Waals surface area contributed by atoms with Gasteiger partial charge in [0.25, 0.3) is 0 Å². The van der Waals surface area contributed by atoms with Crippen molar-refractivity contribution in [2.45, 2.75) is 81.9 Å². The van der Waals surface area contributed by atoms with Crippen LogP contribution < -0.4 is 4.74 Å². The molecule has 1 aliphatic carbocycles. The van der Waals surface area contributed by atoms with Gasteiger partial charge in [0.1, 0.15) is 5.75 Å². The zero-order valence-corrected chi connectivity index (χ0v) is 20.5. The van der Waals surface area contributed by atoms with E-state index in [0.717, 1.165) is 39.4 Å². The lowest BCUT2D eigenvalue weighted by Crippen LogP contribution is -2.40. The van der Waals surface area contributed by atoms with Gasteiger partial charge in [-0.3, -0.25) is 4.98 Å². The van der Waals surface area contributed by atoms with E-state index in [1.165, 1.54) is 88.6 Å². The van der Waals surface area contributed by atoms with Gasteiger partial charge in [0.15, 0.2) is 0 Å². The summed E-state index contributed by atoms with van der Waals surface area (Å²) in [5.74, 6) is 2.21. The second-order valence-corrected chi connectivity index (χ2v) is 11.0. The number of aromatic nitrogens is 1. The van der Waals surface area contributed by atoms with Crippen LogP contribution >= 0.6 is 23.4 Å². The Kier molecular flexibility index (Phi) is 8.80. The van der Waals surface area contributed by atoms with Crippen molar-refractivity contribution < 1.29 is 4.74 Å². The first-order valence-electron chi connectivity index (χ1n) is 12.2. The Balaban J connectivity index is 1.29. The average Bonchev–Trinajstić information content (AvgIpc) is 3.32. The fourth-order valence-corrected chi connectivity index (χ4v) is 6.89. The second-order valence-electron chi connectivity index (χ2n) is 9.18. The van der Waals surface area contributed by atoms with Crippen LogP contribution in [-0.2, 0) is 6.42 Å². The maximum Gasteiger partial charge on any atom is 0.119 e. The number of thioether (sulfide) groups is 1. The number of hydrogen-bond acceptors (Lipinski definition) is 4. The fraction of sp³-hybridized carbons (Fsp3) is 0.654. The van der Waals surface area contributed by atoms with Crippen LogP contribution in [0.5, 0.6) is 5.75 Å². The Morgan fingerprint density at radius 2 is 1.97 bits per heavy atom. The molecule has 1 saturated heterocycles. The highest BCUT2D eigenvalue weighted by molar-refractivity contribution is 7.99. The number of fused-ring (bicyclic) bond motifs is 1. The predicted molar refractivity (Wildman–Crippen MR) is 135 cm³/mol. The third kappa shape index (κ3) is 6.30. The maximum atomic E-state index is 6.57. The molecule has 0 spiro atoms. The highest BCUT2D eigenvalue weighted by Gasteiger charge is 2.22. The van der Waals surface area contributed by atoms with Gasteiger partial charge in [-0.2, -0.15) is 11.8 Å². The van der Waals surface area contributed by atoms with E-state index in [9.17, 15) is 0 Å². The number of pyridine rings is 1. The molecule has 1 aromatic heterocycles. The number of nitrogens with zero attached hydrogens (tertiary/aromatic N) is 2. The number of ether oxygens (including phenoxy) is 1. The van der Waals surface area contributed by atoms with Gasteiger partial charge in [-0.25, -0.2) is 0 Å². The summed E-state index contributed by atoms with van der Waals surface area (Å²) in [5.41, 5.74) is 2.22. The molecule has 0 radical (unpaired) electrons. The van der Waals surface area contributed by atoms with Gasteiger partial charge in [0.05, 0.1) is 17.6 Å². The molecule has 2 fully saturated rings. The molecule has 2 heterocycles. The van der Waals surface area contributed by atoms with Crippen molar-refractivity contribution in [3.05, 3.63) is 35.0 Å². The Bertz CT molecular complexity index is 840. The number of piperidine rings is 1. The smallest absolute Gasteiger partial charge is 0.119 e. The SMILES string of the molecule is COc1ccc2ncc(Cl)c(CCCC3CCCCN3CCCSC3CCCC3)c2c1. The van der Waals surface area contributed by atoms with Gasteiger partial charge in [-0.15, -0.1) is 0 Å². The summed E-state index contributed by atoms with van der Waals surface area (Å²) >= 11 is 8.81. The number of halogens is 1. The molecule has 31 heavy (non-hydrogen) atoms. The normalized spacial score (nSPS) is 20.5. The number of hydrogen-bond donors (Lipinski definition) is 0. The van der Waals surface area contributed by atoms with E-state index in [1.807, 2.05) is 12.1 Å². The maximum absolute atomic E-state index is 6.57. The van der Waals surface area contributed by atoms with Gasteiger partial charge in [0.2, 0.25) is 0 Å². The van der Waals surface area contributed by atoms with Crippen molar-refractivity contribution in [3.63, 3.8) is 0 Å². The van der Waals surface area contributed by atoms with Crippen LogP contribution in [0.3, 0.4) is 0 Å². The Hall–Kier alpha value is -0.970. The zero-order valence-electron chi connectivity index (χ0n) is 19.0. The average molecular weight is 461 g/mol. The van der Waals surface area contributed by atoms with Crippen LogP contribution in [0, 0.1) is 0 Å². The molecule has 5 heteroatoms.